The quantitative estimate of drug-likeness (QED) is 0.0715. The predicted molar refractivity (Wildman–Crippen MR) is 326 cm³/mol. The topological polar surface area (TPSA) is 270 Å². The fourth-order valence-corrected chi connectivity index (χ4v) is 12.2. The van der Waals surface area contributed by atoms with E-state index >= 15 is 0 Å². The third-order valence-electron chi connectivity index (χ3n) is 15.8. The van der Waals surface area contributed by atoms with E-state index in [4.69, 9.17) is 11.5 Å². The van der Waals surface area contributed by atoms with Gasteiger partial charge in [0.2, 0.25) is 47.3 Å². The Labute approximate surface area is 498 Å². The highest BCUT2D eigenvalue weighted by Gasteiger charge is 2.33. The Balaban J connectivity index is 1.47. The van der Waals surface area contributed by atoms with Crippen LogP contribution >= 0.6 is 11.8 Å². The highest BCUT2D eigenvalue weighted by molar-refractivity contribution is 7.98. The summed E-state index contributed by atoms with van der Waals surface area (Å²) in [5.74, 6) is -1.18. The van der Waals surface area contributed by atoms with Crippen molar-refractivity contribution in [2.75, 3.05) is 64.7 Å². The number of unbranched alkanes of at least 4 members (excludes halogenated alkanes) is 1. The Morgan fingerprint density at radius 1 is 0.663 bits per heavy atom. The van der Waals surface area contributed by atoms with E-state index in [1.54, 1.807) is 0 Å². The van der Waals surface area contributed by atoms with Gasteiger partial charge in [-0.15, -0.1) is 0 Å². The lowest BCUT2D eigenvalue weighted by molar-refractivity contribution is -0.139. The number of hydrogen-bond donors (Lipinski definition) is 7. The van der Waals surface area contributed by atoms with Gasteiger partial charge in [-0.1, -0.05) is 121 Å². The number of fused-ring (bicyclic) bond motifs is 29. The second kappa shape index (κ2) is 36.3. The van der Waals surface area contributed by atoms with Crippen LogP contribution < -0.4 is 32.7 Å². The largest absolute Gasteiger partial charge is 0.374 e. The molecule has 4 aliphatic rings. The Morgan fingerprint density at radius 2 is 1.23 bits per heavy atom. The van der Waals surface area contributed by atoms with Crippen molar-refractivity contribution >= 4 is 59.0 Å². The van der Waals surface area contributed by atoms with Gasteiger partial charge in [0, 0.05) is 87.5 Å². The molecule has 2 aliphatic carbocycles. The van der Waals surface area contributed by atoms with Gasteiger partial charge in [-0.2, -0.15) is 11.8 Å². The molecule has 2 aromatic carbocycles. The second-order valence-electron chi connectivity index (χ2n) is 24.6. The number of nitrogens with zero attached hydrogens (tertiary/aromatic N) is 4. The molecule has 8 amide bonds. The van der Waals surface area contributed by atoms with E-state index in [0.717, 1.165) is 49.7 Å². The van der Waals surface area contributed by atoms with Gasteiger partial charge < -0.3 is 52.1 Å². The lowest BCUT2D eigenvalue weighted by Crippen LogP contribution is -2.54. The molecular formula is C63H100N10O9S. The first-order valence-electron chi connectivity index (χ1n) is 30.8. The Kier molecular flexibility index (Phi) is 29.8. The van der Waals surface area contributed by atoms with Crippen LogP contribution in [0.5, 0.6) is 0 Å². The van der Waals surface area contributed by atoms with Crippen LogP contribution in [-0.2, 0) is 50.5 Å². The molecule has 0 saturated heterocycles. The number of carbonyl (C=O) groups is 8. The maximum absolute atomic E-state index is 14.5. The molecule has 0 aromatic heterocycles. The molecule has 2 bridgehead atoms. The summed E-state index contributed by atoms with van der Waals surface area (Å²) in [7, 11) is 0. The summed E-state index contributed by atoms with van der Waals surface area (Å²) in [6, 6.07) is 14.8. The van der Waals surface area contributed by atoms with E-state index in [9.17, 15) is 43.5 Å². The van der Waals surface area contributed by atoms with Crippen LogP contribution in [0.15, 0.2) is 54.6 Å². The first-order valence-corrected chi connectivity index (χ1v) is 32.0. The summed E-state index contributed by atoms with van der Waals surface area (Å²) >= 11 is 1.54. The predicted octanol–water partition coefficient (Wildman–Crippen LogP) is 5.56. The molecule has 5 atom stereocenters. The zero-order valence-corrected chi connectivity index (χ0v) is 51.3. The van der Waals surface area contributed by atoms with Gasteiger partial charge in [0.25, 0.3) is 0 Å². The van der Waals surface area contributed by atoms with Gasteiger partial charge in [0.15, 0.2) is 0 Å². The minimum atomic E-state index is -1.10. The monoisotopic (exact) mass is 1170 g/mol. The molecule has 6 rings (SSSR count). The van der Waals surface area contributed by atoms with E-state index < -0.39 is 54.0 Å². The molecule has 462 valence electrons. The Morgan fingerprint density at radius 3 is 1.82 bits per heavy atom. The van der Waals surface area contributed by atoms with Crippen molar-refractivity contribution in [1.29, 1.82) is 0 Å². The molecule has 0 spiro atoms. The van der Waals surface area contributed by atoms with E-state index in [1.807, 2.05) is 89.2 Å². The second-order valence-corrected chi connectivity index (χ2v) is 25.7. The minimum Gasteiger partial charge on any atom is -0.374 e. The lowest BCUT2D eigenvalue weighted by atomic mass is 9.86. The lowest BCUT2D eigenvalue weighted by Gasteiger charge is -2.33. The summed E-state index contributed by atoms with van der Waals surface area (Å²) in [6.45, 7) is 9.24. The van der Waals surface area contributed by atoms with Crippen molar-refractivity contribution in [3.05, 3.63) is 71.3 Å². The van der Waals surface area contributed by atoms with Crippen LogP contribution in [0.4, 0.5) is 0 Å². The van der Waals surface area contributed by atoms with Crippen molar-refractivity contribution in [2.24, 2.45) is 35.1 Å². The number of rotatable bonds is 18. The van der Waals surface area contributed by atoms with Crippen molar-refractivity contribution in [3.63, 3.8) is 0 Å². The maximum atomic E-state index is 14.5. The Bertz CT molecular complexity index is 2350. The number of aryl methyl sites for hydroxylation is 1. The summed E-state index contributed by atoms with van der Waals surface area (Å²) in [4.78, 5) is 118. The highest BCUT2D eigenvalue weighted by Crippen LogP contribution is 2.33. The van der Waals surface area contributed by atoms with Crippen LogP contribution in [0.3, 0.4) is 0 Å². The molecule has 2 aliphatic heterocycles. The van der Waals surface area contributed by atoms with Crippen molar-refractivity contribution < 1.29 is 43.5 Å². The number of aliphatic hydroxyl groups is 1. The molecule has 9 N–H and O–H groups in total. The SMILES string of the molecule is CC(C)C[C@H]1CN(CC(N)=O)C(=O)CCSCc2ccc(cc2)C(O)N[C@@H](C)CN(C(=O)CCc2ccccc2)CC(=O)N[C@@H](CC(C)C)CN(C(=O)CC2CC2)CC(=O)N[C@@H](CCCCN)CN(C(=O)CCC2CCCCC2)CC(=O)N1. The van der Waals surface area contributed by atoms with E-state index in [0.29, 0.717) is 74.5 Å². The zero-order valence-electron chi connectivity index (χ0n) is 50.5. The van der Waals surface area contributed by atoms with Gasteiger partial charge in [0.05, 0.1) is 26.2 Å². The number of thioether (sulfide) groups is 1. The fourth-order valence-electron chi connectivity index (χ4n) is 11.4. The number of hydrogen-bond acceptors (Lipinski definition) is 12. The third kappa shape index (κ3) is 26.9. The molecule has 83 heavy (non-hydrogen) atoms. The van der Waals surface area contributed by atoms with Gasteiger partial charge in [0.1, 0.15) is 6.23 Å². The number of nitrogens with one attached hydrogen (secondary N) is 4. The maximum Gasteiger partial charge on any atom is 0.239 e. The van der Waals surface area contributed by atoms with Crippen LogP contribution in [0.2, 0.25) is 0 Å². The standard InChI is InChI=1S/C63H100N10O9S/c1-44(2)32-53-37-71(39-55(65)74)61(80)29-31-83-43-50-21-25-51(26-22-50)63(82)66-46(5)35-70(59(78)27-23-47-14-8-6-9-15-47)40-57(76)69-54(33-45(3)4)38-73(62(81)34-49-19-20-49)42-56(75)67-52(18-12-13-30-64)36-72(41-58(77)68-53)60(79)28-24-48-16-10-7-11-17-48/h6,8-9,14-15,21-22,25-26,44-46,48-49,52-54,63,66,82H,7,10-13,16-20,23-24,27-43,64H2,1-5H3,(H2,65,74)(H,67,75)(H,68,77)(H,69,76)/t46-,52-,53-,54-,63?/m0/s1. The van der Waals surface area contributed by atoms with Crippen LogP contribution in [0.25, 0.3) is 0 Å². The third-order valence-corrected chi connectivity index (χ3v) is 16.8. The number of aliphatic hydroxyl groups excluding tert-OH is 1. The fraction of sp³-hybridized carbons (Fsp3) is 0.683. The number of carbonyl (C=O) groups excluding carboxylic acids is 8. The van der Waals surface area contributed by atoms with E-state index in [-0.39, 0.29) is 119 Å². The highest BCUT2D eigenvalue weighted by atomic mass is 32.2. The summed E-state index contributed by atoms with van der Waals surface area (Å²) in [5, 5.41) is 24.0. The smallest absolute Gasteiger partial charge is 0.239 e. The zero-order chi connectivity index (χ0) is 60.3. The number of primary amides is 1. The van der Waals surface area contributed by atoms with Crippen LogP contribution in [0.1, 0.15) is 167 Å². The summed E-state index contributed by atoms with van der Waals surface area (Å²) < 4.78 is 0. The molecule has 2 aromatic rings. The molecule has 2 heterocycles. The summed E-state index contributed by atoms with van der Waals surface area (Å²) in [6.07, 6.45) is 10.8. The van der Waals surface area contributed by atoms with Gasteiger partial charge in [-0.25, -0.2) is 0 Å². The van der Waals surface area contributed by atoms with Gasteiger partial charge in [-0.05, 0) is 105 Å². The molecule has 19 nitrogen and oxygen atoms in total. The van der Waals surface area contributed by atoms with Crippen LogP contribution in [0, 0.1) is 23.7 Å². The van der Waals surface area contributed by atoms with E-state index in [2.05, 4.69) is 21.3 Å². The molecular weight excluding hydrogens is 1070 g/mol. The minimum absolute atomic E-state index is 0.0197. The van der Waals surface area contributed by atoms with Gasteiger partial charge >= 0.3 is 0 Å². The summed E-state index contributed by atoms with van der Waals surface area (Å²) in [5.41, 5.74) is 14.2. The number of amides is 8. The molecule has 2 saturated carbocycles. The first-order chi connectivity index (χ1) is 39.7. The van der Waals surface area contributed by atoms with Gasteiger partial charge in [-0.3, -0.25) is 43.7 Å². The van der Waals surface area contributed by atoms with Crippen molar-refractivity contribution in [2.45, 2.75) is 186 Å². The molecule has 1 unspecified atom stereocenters. The molecule has 0 radical (unpaired) electrons. The first kappa shape index (κ1) is 68.2. The van der Waals surface area contributed by atoms with E-state index in [1.165, 1.54) is 37.8 Å². The number of benzene rings is 2. The number of nitrogens with two attached hydrogens (primary N) is 2. The average molecular weight is 1170 g/mol. The van der Waals surface area contributed by atoms with Crippen LogP contribution in [-0.4, -0.2) is 161 Å². The normalized spacial score (nSPS) is 22.6. The molecule has 2 fully saturated rings. The average Bonchev–Trinajstić information content (AvgIpc) is 4.36. The van der Waals surface area contributed by atoms with Crippen molar-refractivity contribution in [1.82, 2.24) is 40.9 Å². The molecule has 20 heteroatoms. The van der Waals surface area contributed by atoms with Crippen molar-refractivity contribution in [3.8, 4) is 0 Å². The Hall–Kier alpha value is -5.57.